The first-order chi connectivity index (χ1) is 13.3. The Morgan fingerprint density at radius 3 is 2.57 bits per heavy atom. The van der Waals surface area contributed by atoms with Crippen LogP contribution in [0.1, 0.15) is 11.1 Å². The highest BCUT2D eigenvalue weighted by Gasteiger charge is 2.30. The zero-order valence-electron chi connectivity index (χ0n) is 14.6. The number of benzene rings is 1. The molecule has 0 bridgehead atoms. The molecule has 0 aliphatic rings. The lowest BCUT2D eigenvalue weighted by Gasteiger charge is -2.11. The highest BCUT2D eigenvalue weighted by Crippen LogP contribution is 2.30. The fourth-order valence-electron chi connectivity index (χ4n) is 2.47. The van der Waals surface area contributed by atoms with Gasteiger partial charge in [0.25, 0.3) is 0 Å². The first kappa shape index (κ1) is 19.4. The number of pyridine rings is 2. The van der Waals surface area contributed by atoms with Crippen LogP contribution < -0.4 is 15.2 Å². The number of halogens is 4. The monoisotopic (exact) mass is 393 g/mol. The van der Waals surface area contributed by atoms with Crippen LogP contribution in [0, 0.1) is 5.82 Å². The highest BCUT2D eigenvalue weighted by atomic mass is 19.4. The van der Waals surface area contributed by atoms with Gasteiger partial charge in [-0.2, -0.15) is 13.2 Å². The van der Waals surface area contributed by atoms with Gasteiger partial charge < -0.3 is 15.2 Å². The van der Waals surface area contributed by atoms with E-state index in [0.29, 0.717) is 11.1 Å². The molecule has 0 aliphatic heterocycles. The molecule has 0 radical (unpaired) electrons. The molecule has 0 saturated heterocycles. The second-order valence-electron chi connectivity index (χ2n) is 5.79. The van der Waals surface area contributed by atoms with Gasteiger partial charge in [-0.15, -0.1) is 0 Å². The van der Waals surface area contributed by atoms with E-state index in [0.717, 1.165) is 18.2 Å². The third-order valence-electron chi connectivity index (χ3n) is 3.81. The van der Waals surface area contributed by atoms with E-state index in [9.17, 15) is 17.6 Å². The smallest absolute Gasteiger partial charge is 0.416 e. The zero-order chi connectivity index (χ0) is 20.3. The molecule has 0 fully saturated rings. The van der Waals surface area contributed by atoms with Crippen molar-refractivity contribution in [3.05, 3.63) is 65.6 Å². The van der Waals surface area contributed by atoms with E-state index in [1.54, 1.807) is 0 Å². The van der Waals surface area contributed by atoms with Gasteiger partial charge in [-0.3, -0.25) is 0 Å². The second-order valence-corrected chi connectivity index (χ2v) is 5.79. The number of ether oxygens (including phenoxy) is 2. The maximum atomic E-state index is 14.2. The van der Waals surface area contributed by atoms with E-state index in [2.05, 4.69) is 9.97 Å². The standard InChI is InChI=1S/C19H15F4N3O2/c1-27-18-15(24)8-12(9-25-18)17-14(20)5-6-16(26-17)28-10-11-3-2-4-13(7-11)19(21,22)23/h2-9H,10,24H2,1H3. The van der Waals surface area contributed by atoms with Gasteiger partial charge in [-0.1, -0.05) is 12.1 Å². The summed E-state index contributed by atoms with van der Waals surface area (Å²) < 4.78 is 62.9. The molecule has 2 N–H and O–H groups in total. The van der Waals surface area contributed by atoms with E-state index < -0.39 is 17.6 Å². The Kier molecular flexibility index (Phi) is 5.34. The summed E-state index contributed by atoms with van der Waals surface area (Å²) in [5, 5.41) is 0. The largest absolute Gasteiger partial charge is 0.480 e. The molecule has 2 aromatic heterocycles. The van der Waals surface area contributed by atoms with Crippen molar-refractivity contribution in [3.63, 3.8) is 0 Å². The fourth-order valence-corrected chi connectivity index (χ4v) is 2.47. The molecule has 1 aromatic carbocycles. The maximum absolute atomic E-state index is 14.2. The average molecular weight is 393 g/mol. The molecule has 0 unspecified atom stereocenters. The summed E-state index contributed by atoms with van der Waals surface area (Å²) in [5.74, 6) is -0.387. The van der Waals surface area contributed by atoms with Crippen molar-refractivity contribution in [2.24, 2.45) is 0 Å². The topological polar surface area (TPSA) is 70.3 Å². The van der Waals surface area contributed by atoms with Crippen LogP contribution in [0.5, 0.6) is 11.8 Å². The lowest BCUT2D eigenvalue weighted by Crippen LogP contribution is -2.06. The summed E-state index contributed by atoms with van der Waals surface area (Å²) in [4.78, 5) is 8.04. The van der Waals surface area contributed by atoms with Crippen LogP contribution in [0.25, 0.3) is 11.3 Å². The Morgan fingerprint density at radius 2 is 1.89 bits per heavy atom. The molecule has 0 amide bonds. The number of anilines is 1. The minimum atomic E-state index is -4.45. The van der Waals surface area contributed by atoms with E-state index in [1.165, 1.54) is 37.6 Å². The van der Waals surface area contributed by atoms with Gasteiger partial charge in [0, 0.05) is 17.8 Å². The van der Waals surface area contributed by atoms with Crippen LogP contribution in [0.15, 0.2) is 48.7 Å². The Labute approximate surface area is 157 Å². The Morgan fingerprint density at radius 1 is 1.11 bits per heavy atom. The van der Waals surface area contributed by atoms with Gasteiger partial charge in [-0.25, -0.2) is 14.4 Å². The third kappa shape index (κ3) is 4.30. The van der Waals surface area contributed by atoms with Gasteiger partial charge in [0.1, 0.15) is 18.1 Å². The molecule has 5 nitrogen and oxygen atoms in total. The number of methoxy groups -OCH3 is 1. The van der Waals surface area contributed by atoms with Crippen molar-refractivity contribution in [1.29, 1.82) is 0 Å². The van der Waals surface area contributed by atoms with E-state index >= 15 is 0 Å². The van der Waals surface area contributed by atoms with Gasteiger partial charge in [0.15, 0.2) is 0 Å². The van der Waals surface area contributed by atoms with Crippen molar-refractivity contribution in [1.82, 2.24) is 9.97 Å². The van der Waals surface area contributed by atoms with Crippen LogP contribution >= 0.6 is 0 Å². The number of hydrogen-bond donors (Lipinski definition) is 1. The van der Waals surface area contributed by atoms with Crippen molar-refractivity contribution < 1.29 is 27.0 Å². The van der Waals surface area contributed by atoms with Gasteiger partial charge in [0.05, 0.1) is 18.4 Å². The fraction of sp³-hybridized carbons (Fsp3) is 0.158. The summed E-state index contributed by atoms with van der Waals surface area (Å²) in [6, 6.07) is 8.62. The summed E-state index contributed by atoms with van der Waals surface area (Å²) in [6.07, 6.45) is -3.10. The van der Waals surface area contributed by atoms with Gasteiger partial charge in [-0.05, 0) is 29.8 Å². The van der Waals surface area contributed by atoms with Crippen LogP contribution in [0.3, 0.4) is 0 Å². The molecule has 3 aromatic rings. The first-order valence-electron chi connectivity index (χ1n) is 8.03. The number of rotatable bonds is 5. The highest BCUT2D eigenvalue weighted by molar-refractivity contribution is 5.66. The number of nitrogens with two attached hydrogens (primary N) is 1. The predicted octanol–water partition coefficient (Wildman–Crippen LogP) is 4.47. The minimum absolute atomic E-state index is 0.0446. The number of aromatic nitrogens is 2. The summed E-state index contributed by atoms with van der Waals surface area (Å²) in [7, 11) is 1.40. The van der Waals surface area contributed by atoms with E-state index in [-0.39, 0.29) is 29.7 Å². The van der Waals surface area contributed by atoms with Crippen molar-refractivity contribution in [2.45, 2.75) is 12.8 Å². The Bertz CT molecular complexity index is 993. The first-order valence-corrected chi connectivity index (χ1v) is 8.03. The number of hydrogen-bond acceptors (Lipinski definition) is 5. The Hall–Kier alpha value is -3.36. The Balaban J connectivity index is 1.81. The molecule has 146 valence electrons. The zero-order valence-corrected chi connectivity index (χ0v) is 14.6. The van der Waals surface area contributed by atoms with Crippen LogP contribution in [0.4, 0.5) is 23.2 Å². The normalized spacial score (nSPS) is 11.3. The summed E-state index contributed by atoms with van der Waals surface area (Å²) >= 11 is 0. The van der Waals surface area contributed by atoms with E-state index in [4.69, 9.17) is 15.2 Å². The molecule has 0 aliphatic carbocycles. The van der Waals surface area contributed by atoms with Crippen LogP contribution in [0.2, 0.25) is 0 Å². The lowest BCUT2D eigenvalue weighted by molar-refractivity contribution is -0.137. The van der Waals surface area contributed by atoms with Gasteiger partial charge in [0.2, 0.25) is 11.8 Å². The maximum Gasteiger partial charge on any atom is 0.416 e. The van der Waals surface area contributed by atoms with Crippen molar-refractivity contribution in [2.75, 3.05) is 12.8 Å². The average Bonchev–Trinajstić information content (AvgIpc) is 2.67. The van der Waals surface area contributed by atoms with Crippen LogP contribution in [-0.2, 0) is 12.8 Å². The number of alkyl halides is 3. The number of nitrogens with zero attached hydrogens (tertiary/aromatic N) is 2. The molecular formula is C19H15F4N3O2. The van der Waals surface area contributed by atoms with Gasteiger partial charge >= 0.3 is 6.18 Å². The molecule has 9 heteroatoms. The summed E-state index contributed by atoms with van der Waals surface area (Å²) in [6.45, 7) is -0.162. The van der Waals surface area contributed by atoms with Crippen molar-refractivity contribution in [3.8, 4) is 23.0 Å². The molecule has 0 atom stereocenters. The molecule has 28 heavy (non-hydrogen) atoms. The second kappa shape index (κ2) is 7.71. The SMILES string of the molecule is COc1ncc(-c2nc(OCc3cccc(C(F)(F)F)c3)ccc2F)cc1N. The van der Waals surface area contributed by atoms with Crippen molar-refractivity contribution >= 4 is 5.69 Å². The molecule has 0 spiro atoms. The minimum Gasteiger partial charge on any atom is -0.480 e. The predicted molar refractivity (Wildman–Crippen MR) is 94.2 cm³/mol. The third-order valence-corrected chi connectivity index (χ3v) is 3.81. The molecule has 0 saturated carbocycles. The molecule has 2 heterocycles. The van der Waals surface area contributed by atoms with Crippen LogP contribution in [-0.4, -0.2) is 17.1 Å². The molecule has 3 rings (SSSR count). The van der Waals surface area contributed by atoms with E-state index in [1.807, 2.05) is 0 Å². The molecular weight excluding hydrogens is 378 g/mol. The number of nitrogen functional groups attached to an aromatic ring is 1. The summed E-state index contributed by atoms with van der Waals surface area (Å²) in [5.41, 5.74) is 5.77. The lowest BCUT2D eigenvalue weighted by atomic mass is 10.1. The quantitative estimate of drug-likeness (QED) is 0.648.